The van der Waals surface area contributed by atoms with E-state index in [0.29, 0.717) is 0 Å². The molecule has 0 heterocycles. The minimum absolute atomic E-state index is 0. The highest BCUT2D eigenvalue weighted by Gasteiger charge is 2.34. The number of hydrogen-bond acceptors (Lipinski definition) is 0. The summed E-state index contributed by atoms with van der Waals surface area (Å²) in [5.74, 6) is 0. The monoisotopic (exact) mass is 492 g/mol. The molecule has 0 amide bonds. The molecule has 0 nitrogen and oxygen atoms in total. The summed E-state index contributed by atoms with van der Waals surface area (Å²) < 4.78 is 0. The molecule has 0 atom stereocenters. The lowest BCUT2D eigenvalue weighted by atomic mass is 10.2. The largest absolute Gasteiger partial charge is 1.00 e. The van der Waals surface area contributed by atoms with E-state index in [1.54, 1.807) is 50.3 Å². The van der Waals surface area contributed by atoms with Crippen molar-refractivity contribution in [2.45, 2.75) is 150 Å². The van der Waals surface area contributed by atoms with Crippen LogP contribution < -0.4 is 17.0 Å². The Morgan fingerprint density at radius 3 is 0.759 bits per heavy atom. The summed E-state index contributed by atoms with van der Waals surface area (Å²) >= 11 is 0. The van der Waals surface area contributed by atoms with Gasteiger partial charge < -0.3 is 17.0 Å². The molecule has 0 aliphatic rings. The Bertz CT molecular complexity index is 256. The molecule has 0 aliphatic heterocycles. The van der Waals surface area contributed by atoms with Crippen LogP contribution in [0.5, 0.6) is 0 Å². The van der Waals surface area contributed by atoms with Crippen molar-refractivity contribution in [3.05, 3.63) is 0 Å². The standard InChI is InChI=1S/C27H58P.BrH/c1-5-9-13-17-21-25-28(24-20-16-12-8-4,26-22-18-14-10-6-2)27-23-19-15-11-7-3;/h5-27H2,1-4H3;1H/q+1;/p-1. The molecule has 0 saturated heterocycles. The molecule has 0 spiro atoms. The lowest BCUT2D eigenvalue weighted by Crippen LogP contribution is -3.00. The van der Waals surface area contributed by atoms with Crippen molar-refractivity contribution in [3.63, 3.8) is 0 Å². The summed E-state index contributed by atoms with van der Waals surface area (Å²) in [6.07, 6.45) is 34.6. The van der Waals surface area contributed by atoms with E-state index in [2.05, 4.69) is 27.7 Å². The van der Waals surface area contributed by atoms with Gasteiger partial charge in [-0.2, -0.15) is 0 Å². The summed E-state index contributed by atoms with van der Waals surface area (Å²) in [6.45, 7) is 9.39. The first-order valence-electron chi connectivity index (χ1n) is 13.6. The van der Waals surface area contributed by atoms with E-state index in [0.717, 1.165) is 0 Å². The highest BCUT2D eigenvalue weighted by Crippen LogP contribution is 2.61. The molecule has 0 aromatic carbocycles. The van der Waals surface area contributed by atoms with Gasteiger partial charge in [0.2, 0.25) is 0 Å². The van der Waals surface area contributed by atoms with Crippen LogP contribution in [-0.4, -0.2) is 24.6 Å². The fraction of sp³-hybridized carbons (Fsp3) is 1.00. The van der Waals surface area contributed by atoms with Crippen LogP contribution in [0.4, 0.5) is 0 Å². The van der Waals surface area contributed by atoms with Gasteiger partial charge in [-0.05, 0) is 51.4 Å². The normalized spacial score (nSPS) is 11.6. The van der Waals surface area contributed by atoms with E-state index < -0.39 is 7.26 Å². The van der Waals surface area contributed by atoms with E-state index in [-0.39, 0.29) is 17.0 Å². The fourth-order valence-corrected chi connectivity index (χ4v) is 9.62. The van der Waals surface area contributed by atoms with Crippen LogP contribution >= 0.6 is 7.26 Å². The lowest BCUT2D eigenvalue weighted by molar-refractivity contribution is -0.00000646. The SMILES string of the molecule is CCCCCCC[P+](CCCCCC)(CCCCCCC)CCCCCCC.[Br-]. The molecule has 29 heavy (non-hydrogen) atoms. The van der Waals surface area contributed by atoms with Crippen LogP contribution in [0.1, 0.15) is 150 Å². The molecule has 0 unspecified atom stereocenters. The molecule has 0 radical (unpaired) electrons. The fourth-order valence-electron chi connectivity index (χ4n) is 4.70. The quantitative estimate of drug-likeness (QED) is 0.102. The predicted molar refractivity (Wildman–Crippen MR) is 137 cm³/mol. The van der Waals surface area contributed by atoms with Crippen LogP contribution in [0.2, 0.25) is 0 Å². The second kappa shape index (κ2) is 25.2. The molecule has 0 fully saturated rings. The number of unbranched alkanes of at least 4 members (excludes halogenated alkanes) is 15. The second-order valence-electron chi connectivity index (χ2n) is 9.54. The first-order valence-corrected chi connectivity index (χ1v) is 16.1. The molecule has 0 aromatic rings. The Hall–Kier alpha value is 0.910. The van der Waals surface area contributed by atoms with Crippen LogP contribution in [0, 0.1) is 0 Å². The van der Waals surface area contributed by atoms with E-state index in [4.69, 9.17) is 0 Å². The smallest absolute Gasteiger partial charge is 0.0594 e. The summed E-state index contributed by atoms with van der Waals surface area (Å²) in [5, 5.41) is 0. The first kappa shape index (κ1) is 32.1. The third-order valence-corrected chi connectivity index (χ3v) is 11.8. The maximum atomic E-state index is 2.36. The minimum atomic E-state index is -0.682. The topological polar surface area (TPSA) is 0 Å². The Morgan fingerprint density at radius 1 is 0.310 bits per heavy atom. The molecule has 178 valence electrons. The second-order valence-corrected chi connectivity index (χ2v) is 14.0. The third kappa shape index (κ3) is 20.6. The number of rotatable bonds is 23. The Labute approximate surface area is 198 Å². The number of halogens is 1. The van der Waals surface area contributed by atoms with Gasteiger partial charge in [-0.25, -0.2) is 0 Å². The van der Waals surface area contributed by atoms with E-state index in [1.165, 1.54) is 96.3 Å². The number of hydrogen-bond donors (Lipinski definition) is 0. The van der Waals surface area contributed by atoms with Gasteiger partial charge in [-0.3, -0.25) is 0 Å². The van der Waals surface area contributed by atoms with E-state index in [1.807, 2.05) is 0 Å². The van der Waals surface area contributed by atoms with Crippen molar-refractivity contribution in [2.24, 2.45) is 0 Å². The van der Waals surface area contributed by atoms with Gasteiger partial charge in [0.1, 0.15) is 0 Å². The average Bonchev–Trinajstić information content (AvgIpc) is 2.70. The summed E-state index contributed by atoms with van der Waals surface area (Å²) in [4.78, 5) is 0. The zero-order chi connectivity index (χ0) is 20.8. The van der Waals surface area contributed by atoms with Gasteiger partial charge in [0.25, 0.3) is 0 Å². The van der Waals surface area contributed by atoms with Crippen molar-refractivity contribution in [2.75, 3.05) is 24.6 Å². The van der Waals surface area contributed by atoms with Crippen molar-refractivity contribution < 1.29 is 17.0 Å². The molecule has 2 heteroatoms. The molecule has 0 N–H and O–H groups in total. The average molecular weight is 494 g/mol. The Balaban J connectivity index is 0. The zero-order valence-corrected chi connectivity index (χ0v) is 23.6. The molecule has 0 rings (SSSR count). The summed E-state index contributed by atoms with van der Waals surface area (Å²) in [7, 11) is -0.682. The maximum absolute atomic E-state index is 2.36. The Kier molecular flexibility index (Phi) is 27.9. The molecule has 0 bridgehead atoms. The van der Waals surface area contributed by atoms with Gasteiger partial charge in [0, 0.05) is 7.26 Å². The van der Waals surface area contributed by atoms with Crippen LogP contribution in [0.3, 0.4) is 0 Å². The van der Waals surface area contributed by atoms with Crippen molar-refractivity contribution in [3.8, 4) is 0 Å². The van der Waals surface area contributed by atoms with Crippen LogP contribution in [0.15, 0.2) is 0 Å². The van der Waals surface area contributed by atoms with E-state index >= 15 is 0 Å². The summed E-state index contributed by atoms with van der Waals surface area (Å²) in [5.41, 5.74) is 0. The first-order chi connectivity index (χ1) is 13.7. The third-order valence-electron chi connectivity index (χ3n) is 6.69. The molecular weight excluding hydrogens is 435 g/mol. The Morgan fingerprint density at radius 2 is 0.517 bits per heavy atom. The minimum Gasteiger partial charge on any atom is -1.00 e. The maximum Gasteiger partial charge on any atom is 0.0594 e. The molecule has 0 saturated carbocycles. The van der Waals surface area contributed by atoms with Gasteiger partial charge in [-0.1, -0.05) is 98.3 Å². The van der Waals surface area contributed by atoms with Crippen LogP contribution in [-0.2, 0) is 0 Å². The van der Waals surface area contributed by atoms with Gasteiger partial charge in [0.15, 0.2) is 0 Å². The predicted octanol–water partition coefficient (Wildman–Crippen LogP) is 7.50. The molecule has 0 aromatic heterocycles. The molecule has 0 aliphatic carbocycles. The lowest BCUT2D eigenvalue weighted by Gasteiger charge is -2.28. The van der Waals surface area contributed by atoms with Crippen molar-refractivity contribution >= 4 is 7.26 Å². The van der Waals surface area contributed by atoms with Gasteiger partial charge in [-0.15, -0.1) is 0 Å². The van der Waals surface area contributed by atoms with Crippen molar-refractivity contribution in [1.29, 1.82) is 0 Å². The highest BCUT2D eigenvalue weighted by molar-refractivity contribution is 7.75. The van der Waals surface area contributed by atoms with Crippen LogP contribution in [0.25, 0.3) is 0 Å². The highest BCUT2D eigenvalue weighted by atomic mass is 79.9. The summed E-state index contributed by atoms with van der Waals surface area (Å²) in [6, 6.07) is 0. The molecular formula is C27H58BrP. The zero-order valence-electron chi connectivity index (χ0n) is 21.1. The van der Waals surface area contributed by atoms with E-state index in [9.17, 15) is 0 Å². The van der Waals surface area contributed by atoms with Gasteiger partial charge in [0.05, 0.1) is 24.6 Å². The van der Waals surface area contributed by atoms with Crippen molar-refractivity contribution in [1.82, 2.24) is 0 Å². The van der Waals surface area contributed by atoms with Gasteiger partial charge >= 0.3 is 0 Å².